The Morgan fingerprint density at radius 2 is 2.20 bits per heavy atom. The van der Waals surface area contributed by atoms with E-state index >= 15 is 0 Å². The van der Waals surface area contributed by atoms with Crippen molar-refractivity contribution in [1.82, 2.24) is 5.32 Å². The van der Waals surface area contributed by atoms with Gasteiger partial charge in [-0.05, 0) is 45.5 Å². The zero-order valence-corrected chi connectivity index (χ0v) is 11.3. The highest BCUT2D eigenvalue weighted by Gasteiger charge is 2.44. The van der Waals surface area contributed by atoms with E-state index < -0.39 is 0 Å². The molecular formula is C12H15BrClN. The van der Waals surface area contributed by atoms with Crippen molar-refractivity contribution in [3.63, 3.8) is 0 Å². The molecule has 0 bridgehead atoms. The van der Waals surface area contributed by atoms with Gasteiger partial charge in [-0.2, -0.15) is 0 Å². The molecule has 0 aromatic heterocycles. The number of halogens is 2. The summed E-state index contributed by atoms with van der Waals surface area (Å²) in [4.78, 5) is 0. The van der Waals surface area contributed by atoms with Crippen LogP contribution in [0.2, 0.25) is 5.02 Å². The van der Waals surface area contributed by atoms with E-state index in [1.807, 2.05) is 6.07 Å². The SMILES string of the molecule is CC1(C)CC1NCc1ccc(Cl)c(Br)c1. The molecule has 1 atom stereocenters. The molecule has 1 aliphatic carbocycles. The minimum absolute atomic E-state index is 0.490. The first-order chi connectivity index (χ1) is 6.99. The molecule has 0 radical (unpaired) electrons. The smallest absolute Gasteiger partial charge is 0.0548 e. The Labute approximate surface area is 104 Å². The van der Waals surface area contributed by atoms with Gasteiger partial charge in [0, 0.05) is 17.1 Å². The summed E-state index contributed by atoms with van der Waals surface area (Å²) in [5.41, 5.74) is 1.76. The lowest BCUT2D eigenvalue weighted by atomic mass is 10.2. The summed E-state index contributed by atoms with van der Waals surface area (Å²) in [7, 11) is 0. The first-order valence-electron chi connectivity index (χ1n) is 5.16. The lowest BCUT2D eigenvalue weighted by Gasteiger charge is -2.07. The number of hydrogen-bond acceptors (Lipinski definition) is 1. The number of nitrogens with one attached hydrogen (secondary N) is 1. The largest absolute Gasteiger partial charge is 0.309 e. The van der Waals surface area contributed by atoms with Crippen LogP contribution >= 0.6 is 27.5 Å². The van der Waals surface area contributed by atoms with Crippen LogP contribution in [-0.2, 0) is 6.54 Å². The van der Waals surface area contributed by atoms with Crippen molar-refractivity contribution in [3.05, 3.63) is 33.3 Å². The molecule has 82 valence electrons. The molecule has 0 aliphatic heterocycles. The van der Waals surface area contributed by atoms with Gasteiger partial charge >= 0.3 is 0 Å². The molecule has 1 nitrogen and oxygen atoms in total. The van der Waals surface area contributed by atoms with E-state index in [0.29, 0.717) is 11.5 Å². The van der Waals surface area contributed by atoms with E-state index in [4.69, 9.17) is 11.6 Å². The summed E-state index contributed by atoms with van der Waals surface area (Å²) < 4.78 is 0.971. The van der Waals surface area contributed by atoms with Crippen LogP contribution in [0.4, 0.5) is 0 Å². The second-order valence-corrected chi connectivity index (χ2v) is 6.14. The second-order valence-electron chi connectivity index (χ2n) is 4.87. The monoisotopic (exact) mass is 287 g/mol. The third-order valence-electron chi connectivity index (χ3n) is 3.05. The molecule has 2 rings (SSSR count). The third kappa shape index (κ3) is 2.74. The molecule has 0 saturated heterocycles. The minimum atomic E-state index is 0.490. The molecular weight excluding hydrogens is 273 g/mol. The van der Waals surface area contributed by atoms with Crippen molar-refractivity contribution in [2.45, 2.75) is 32.9 Å². The maximum Gasteiger partial charge on any atom is 0.0548 e. The lowest BCUT2D eigenvalue weighted by molar-refractivity contribution is 0.542. The van der Waals surface area contributed by atoms with Crippen molar-refractivity contribution < 1.29 is 0 Å². The van der Waals surface area contributed by atoms with Gasteiger partial charge in [0.2, 0.25) is 0 Å². The Bertz CT molecular complexity index is 376. The Kier molecular flexibility index (Phi) is 3.11. The van der Waals surface area contributed by atoms with E-state index in [0.717, 1.165) is 16.0 Å². The summed E-state index contributed by atoms with van der Waals surface area (Å²) in [6.45, 7) is 5.51. The van der Waals surface area contributed by atoms with Crippen LogP contribution in [0.15, 0.2) is 22.7 Å². The predicted octanol–water partition coefficient (Wildman–Crippen LogP) is 3.99. The van der Waals surface area contributed by atoms with Crippen LogP contribution in [0, 0.1) is 5.41 Å². The first-order valence-corrected chi connectivity index (χ1v) is 6.33. The van der Waals surface area contributed by atoms with Crippen LogP contribution < -0.4 is 5.32 Å². The van der Waals surface area contributed by atoms with E-state index in [2.05, 4.69) is 47.2 Å². The van der Waals surface area contributed by atoms with Crippen molar-refractivity contribution in [2.24, 2.45) is 5.41 Å². The Hall–Kier alpha value is -0.0500. The molecule has 3 heteroatoms. The number of rotatable bonds is 3. The van der Waals surface area contributed by atoms with E-state index in [1.54, 1.807) is 0 Å². The van der Waals surface area contributed by atoms with E-state index in [9.17, 15) is 0 Å². The summed E-state index contributed by atoms with van der Waals surface area (Å²) in [5.74, 6) is 0. The molecule has 1 saturated carbocycles. The molecule has 0 spiro atoms. The van der Waals surface area contributed by atoms with Crippen molar-refractivity contribution in [1.29, 1.82) is 0 Å². The predicted molar refractivity (Wildman–Crippen MR) is 68.2 cm³/mol. The van der Waals surface area contributed by atoms with Crippen molar-refractivity contribution in [2.75, 3.05) is 0 Å². The molecule has 1 N–H and O–H groups in total. The molecule has 1 fully saturated rings. The maximum atomic E-state index is 5.93. The van der Waals surface area contributed by atoms with Gasteiger partial charge in [0.05, 0.1) is 5.02 Å². The van der Waals surface area contributed by atoms with Crippen LogP contribution in [0.5, 0.6) is 0 Å². The minimum Gasteiger partial charge on any atom is -0.309 e. The van der Waals surface area contributed by atoms with Crippen LogP contribution in [0.3, 0.4) is 0 Å². The zero-order chi connectivity index (χ0) is 11.1. The summed E-state index contributed by atoms with van der Waals surface area (Å²) in [5, 5.41) is 4.31. The van der Waals surface area contributed by atoms with Gasteiger partial charge in [0.25, 0.3) is 0 Å². The molecule has 15 heavy (non-hydrogen) atoms. The highest BCUT2D eigenvalue weighted by molar-refractivity contribution is 9.10. The molecule has 1 unspecified atom stereocenters. The highest BCUT2D eigenvalue weighted by atomic mass is 79.9. The van der Waals surface area contributed by atoms with Crippen molar-refractivity contribution >= 4 is 27.5 Å². The summed E-state index contributed by atoms with van der Waals surface area (Å²) in [6, 6.07) is 6.74. The van der Waals surface area contributed by atoms with Gasteiger partial charge in [0.15, 0.2) is 0 Å². The fourth-order valence-electron chi connectivity index (χ4n) is 1.71. The molecule has 0 amide bonds. The van der Waals surface area contributed by atoms with E-state index in [-0.39, 0.29) is 0 Å². The molecule has 0 heterocycles. The number of hydrogen-bond donors (Lipinski definition) is 1. The van der Waals surface area contributed by atoms with Gasteiger partial charge in [-0.1, -0.05) is 31.5 Å². The Balaban J connectivity index is 1.92. The topological polar surface area (TPSA) is 12.0 Å². The van der Waals surface area contributed by atoms with Crippen molar-refractivity contribution in [3.8, 4) is 0 Å². The zero-order valence-electron chi connectivity index (χ0n) is 8.98. The summed E-state index contributed by atoms with van der Waals surface area (Å²) in [6.07, 6.45) is 1.28. The first kappa shape index (κ1) is 11.4. The standard InChI is InChI=1S/C12H15BrClN/c1-12(2)6-11(12)15-7-8-3-4-10(14)9(13)5-8/h3-5,11,15H,6-7H2,1-2H3. The maximum absolute atomic E-state index is 5.93. The molecule has 1 aliphatic rings. The van der Waals surface area contributed by atoms with Crippen LogP contribution in [0.1, 0.15) is 25.8 Å². The molecule has 1 aromatic rings. The van der Waals surface area contributed by atoms with Gasteiger partial charge in [-0.15, -0.1) is 0 Å². The average molecular weight is 289 g/mol. The normalized spacial score (nSPS) is 22.8. The van der Waals surface area contributed by atoms with E-state index in [1.165, 1.54) is 12.0 Å². The Morgan fingerprint density at radius 3 is 2.73 bits per heavy atom. The average Bonchev–Trinajstić information content (AvgIpc) is 2.77. The van der Waals surface area contributed by atoms with Crippen LogP contribution in [0.25, 0.3) is 0 Å². The number of benzene rings is 1. The van der Waals surface area contributed by atoms with Crippen LogP contribution in [-0.4, -0.2) is 6.04 Å². The van der Waals surface area contributed by atoms with Gasteiger partial charge in [-0.25, -0.2) is 0 Å². The van der Waals surface area contributed by atoms with Gasteiger partial charge in [-0.3, -0.25) is 0 Å². The fraction of sp³-hybridized carbons (Fsp3) is 0.500. The summed E-state index contributed by atoms with van der Waals surface area (Å²) >= 11 is 9.37. The Morgan fingerprint density at radius 1 is 1.53 bits per heavy atom. The fourth-order valence-corrected chi connectivity index (χ4v) is 2.25. The third-order valence-corrected chi connectivity index (χ3v) is 4.26. The van der Waals surface area contributed by atoms with Gasteiger partial charge < -0.3 is 5.32 Å². The quantitative estimate of drug-likeness (QED) is 0.887. The lowest BCUT2D eigenvalue weighted by Crippen LogP contribution is -2.19. The highest BCUT2D eigenvalue weighted by Crippen LogP contribution is 2.44. The second kappa shape index (κ2) is 4.08. The molecule has 1 aromatic carbocycles. The van der Waals surface area contributed by atoms with Gasteiger partial charge in [0.1, 0.15) is 0 Å².